The van der Waals surface area contributed by atoms with E-state index in [0.717, 1.165) is 52.5 Å². The number of nitrogens with zero attached hydrogens (tertiary/aromatic N) is 3. The molecule has 2 heterocycles. The fourth-order valence-corrected chi connectivity index (χ4v) is 3.02. The van der Waals surface area contributed by atoms with Gasteiger partial charge in [0.25, 0.3) is 5.91 Å². The lowest BCUT2D eigenvalue weighted by Crippen LogP contribution is -2.24. The standard InChI is InChI=1S/C21H24N4O2/c1-13-12-23-15(3)20(24-13)17-7-9-18(10-8-17)21(26)22-11-5-6-19-14(2)25-27-16(19)4/h7-10,12H,5-6,11H2,1-4H3,(H,22,26). The Balaban J connectivity index is 1.57. The number of hydrogen-bond donors (Lipinski definition) is 1. The molecule has 1 aromatic carbocycles. The Kier molecular flexibility index (Phi) is 5.64. The van der Waals surface area contributed by atoms with Crippen LogP contribution in [0.2, 0.25) is 0 Å². The lowest BCUT2D eigenvalue weighted by molar-refractivity contribution is 0.0953. The molecule has 2 aromatic heterocycles. The van der Waals surface area contributed by atoms with E-state index in [9.17, 15) is 4.79 Å². The number of benzene rings is 1. The number of carbonyl (C=O) groups is 1. The third kappa shape index (κ3) is 4.39. The van der Waals surface area contributed by atoms with Gasteiger partial charge in [-0.3, -0.25) is 9.78 Å². The molecule has 0 saturated carbocycles. The van der Waals surface area contributed by atoms with Crippen molar-refractivity contribution in [2.24, 2.45) is 0 Å². The Bertz CT molecular complexity index is 926. The first-order valence-corrected chi connectivity index (χ1v) is 9.06. The summed E-state index contributed by atoms with van der Waals surface area (Å²) in [4.78, 5) is 21.2. The van der Waals surface area contributed by atoms with E-state index in [0.29, 0.717) is 12.1 Å². The third-order valence-corrected chi connectivity index (χ3v) is 4.57. The minimum absolute atomic E-state index is 0.0765. The molecule has 0 aliphatic heterocycles. The molecule has 0 aliphatic carbocycles. The summed E-state index contributed by atoms with van der Waals surface area (Å²) in [5.74, 6) is 0.774. The molecule has 27 heavy (non-hydrogen) atoms. The number of amides is 1. The Hall–Kier alpha value is -3.02. The van der Waals surface area contributed by atoms with E-state index in [-0.39, 0.29) is 5.91 Å². The zero-order valence-electron chi connectivity index (χ0n) is 16.2. The van der Waals surface area contributed by atoms with E-state index < -0.39 is 0 Å². The molecule has 0 radical (unpaired) electrons. The van der Waals surface area contributed by atoms with Crippen LogP contribution in [0.3, 0.4) is 0 Å². The molecular weight excluding hydrogens is 340 g/mol. The Labute approximate surface area is 159 Å². The monoisotopic (exact) mass is 364 g/mol. The molecule has 0 aliphatic rings. The van der Waals surface area contributed by atoms with Crippen molar-refractivity contribution in [2.45, 2.75) is 40.5 Å². The second-order valence-corrected chi connectivity index (χ2v) is 6.68. The summed E-state index contributed by atoms with van der Waals surface area (Å²) < 4.78 is 5.16. The smallest absolute Gasteiger partial charge is 0.251 e. The van der Waals surface area contributed by atoms with Gasteiger partial charge in [-0.15, -0.1) is 0 Å². The topological polar surface area (TPSA) is 80.9 Å². The van der Waals surface area contributed by atoms with Crippen LogP contribution in [0, 0.1) is 27.7 Å². The summed E-state index contributed by atoms with van der Waals surface area (Å²) in [6.07, 6.45) is 3.43. The molecule has 1 amide bonds. The predicted molar refractivity (Wildman–Crippen MR) is 104 cm³/mol. The number of rotatable bonds is 6. The van der Waals surface area contributed by atoms with Crippen molar-refractivity contribution in [3.63, 3.8) is 0 Å². The lowest BCUT2D eigenvalue weighted by atomic mass is 10.1. The van der Waals surface area contributed by atoms with E-state index in [4.69, 9.17) is 4.52 Å². The van der Waals surface area contributed by atoms with Crippen molar-refractivity contribution in [1.82, 2.24) is 20.4 Å². The summed E-state index contributed by atoms with van der Waals surface area (Å²) in [5, 5.41) is 6.91. The zero-order chi connectivity index (χ0) is 19.4. The van der Waals surface area contributed by atoms with Crippen LogP contribution in [0.25, 0.3) is 11.3 Å². The van der Waals surface area contributed by atoms with Gasteiger partial charge in [0, 0.05) is 29.4 Å². The highest BCUT2D eigenvalue weighted by Crippen LogP contribution is 2.20. The van der Waals surface area contributed by atoms with Crippen molar-refractivity contribution < 1.29 is 9.32 Å². The molecule has 3 rings (SSSR count). The van der Waals surface area contributed by atoms with Crippen LogP contribution in [0.1, 0.15) is 45.2 Å². The molecule has 0 spiro atoms. The largest absolute Gasteiger partial charge is 0.361 e. The summed E-state index contributed by atoms with van der Waals surface area (Å²) in [7, 11) is 0. The van der Waals surface area contributed by atoms with Gasteiger partial charge in [0.05, 0.1) is 22.8 Å². The fraction of sp³-hybridized carbons (Fsp3) is 0.333. The number of aryl methyl sites for hydroxylation is 4. The lowest BCUT2D eigenvalue weighted by Gasteiger charge is -2.08. The van der Waals surface area contributed by atoms with Crippen molar-refractivity contribution in [3.8, 4) is 11.3 Å². The van der Waals surface area contributed by atoms with E-state index in [1.54, 1.807) is 6.20 Å². The van der Waals surface area contributed by atoms with E-state index in [1.165, 1.54) is 0 Å². The first-order chi connectivity index (χ1) is 13.0. The molecule has 0 bridgehead atoms. The third-order valence-electron chi connectivity index (χ3n) is 4.57. The second kappa shape index (κ2) is 8.12. The molecule has 6 nitrogen and oxygen atoms in total. The first-order valence-electron chi connectivity index (χ1n) is 9.06. The molecule has 3 aromatic rings. The number of hydrogen-bond acceptors (Lipinski definition) is 5. The Morgan fingerprint density at radius 1 is 1.07 bits per heavy atom. The van der Waals surface area contributed by atoms with Crippen molar-refractivity contribution in [3.05, 3.63) is 64.4 Å². The number of nitrogens with one attached hydrogen (secondary N) is 1. The molecule has 6 heteroatoms. The van der Waals surface area contributed by atoms with Crippen LogP contribution in [-0.2, 0) is 6.42 Å². The Morgan fingerprint density at radius 2 is 1.81 bits per heavy atom. The minimum Gasteiger partial charge on any atom is -0.361 e. The van der Waals surface area contributed by atoms with E-state index in [2.05, 4.69) is 20.4 Å². The van der Waals surface area contributed by atoms with Crippen LogP contribution in [-0.4, -0.2) is 27.6 Å². The second-order valence-electron chi connectivity index (χ2n) is 6.68. The summed E-state index contributed by atoms with van der Waals surface area (Å²) in [6.45, 7) is 8.30. The molecule has 140 valence electrons. The van der Waals surface area contributed by atoms with Crippen molar-refractivity contribution in [1.29, 1.82) is 0 Å². The van der Waals surface area contributed by atoms with E-state index >= 15 is 0 Å². The highest BCUT2D eigenvalue weighted by atomic mass is 16.5. The summed E-state index contributed by atoms with van der Waals surface area (Å²) in [5.41, 5.74) is 6.23. The zero-order valence-corrected chi connectivity index (χ0v) is 16.2. The van der Waals surface area contributed by atoms with Crippen LogP contribution >= 0.6 is 0 Å². The van der Waals surface area contributed by atoms with Crippen LogP contribution in [0.15, 0.2) is 35.0 Å². The maximum absolute atomic E-state index is 12.3. The highest BCUT2D eigenvalue weighted by molar-refractivity contribution is 5.94. The summed E-state index contributed by atoms with van der Waals surface area (Å²) in [6, 6.07) is 7.47. The molecule has 0 unspecified atom stereocenters. The minimum atomic E-state index is -0.0765. The van der Waals surface area contributed by atoms with Crippen molar-refractivity contribution in [2.75, 3.05) is 6.54 Å². The van der Waals surface area contributed by atoms with Gasteiger partial charge < -0.3 is 9.84 Å². The van der Waals surface area contributed by atoms with E-state index in [1.807, 2.05) is 52.0 Å². The molecular formula is C21H24N4O2. The van der Waals surface area contributed by atoms with Crippen molar-refractivity contribution >= 4 is 5.91 Å². The van der Waals surface area contributed by atoms with Gasteiger partial charge in [-0.25, -0.2) is 4.98 Å². The maximum Gasteiger partial charge on any atom is 0.251 e. The molecule has 0 saturated heterocycles. The first kappa shape index (κ1) is 18.8. The quantitative estimate of drug-likeness (QED) is 0.674. The number of aromatic nitrogens is 3. The van der Waals surface area contributed by atoms with Gasteiger partial charge in [-0.05, 0) is 52.7 Å². The number of carbonyl (C=O) groups excluding carboxylic acids is 1. The Morgan fingerprint density at radius 3 is 2.48 bits per heavy atom. The maximum atomic E-state index is 12.3. The van der Waals surface area contributed by atoms with Gasteiger partial charge in [-0.2, -0.15) is 0 Å². The van der Waals surface area contributed by atoms with Crippen LogP contribution < -0.4 is 5.32 Å². The SMILES string of the molecule is Cc1cnc(C)c(-c2ccc(C(=O)NCCCc3c(C)noc3C)cc2)n1. The molecule has 0 fully saturated rings. The predicted octanol–water partition coefficient (Wildman–Crippen LogP) is 3.73. The van der Waals surface area contributed by atoms with Gasteiger partial charge in [0.15, 0.2) is 0 Å². The van der Waals surface area contributed by atoms with Crippen LogP contribution in [0.5, 0.6) is 0 Å². The normalized spacial score (nSPS) is 10.8. The highest BCUT2D eigenvalue weighted by Gasteiger charge is 2.10. The molecule has 0 atom stereocenters. The van der Waals surface area contributed by atoms with Gasteiger partial charge in [0.2, 0.25) is 0 Å². The average Bonchev–Trinajstić information content (AvgIpc) is 2.99. The molecule has 1 N–H and O–H groups in total. The van der Waals surface area contributed by atoms with Crippen LogP contribution in [0.4, 0.5) is 0 Å². The average molecular weight is 364 g/mol. The van der Waals surface area contributed by atoms with Gasteiger partial charge in [0.1, 0.15) is 5.76 Å². The van der Waals surface area contributed by atoms with Gasteiger partial charge >= 0.3 is 0 Å². The van der Waals surface area contributed by atoms with Gasteiger partial charge in [-0.1, -0.05) is 17.3 Å². The summed E-state index contributed by atoms with van der Waals surface area (Å²) >= 11 is 0. The fourth-order valence-electron chi connectivity index (χ4n) is 3.02.